The van der Waals surface area contributed by atoms with Crippen molar-refractivity contribution in [1.29, 1.82) is 0 Å². The summed E-state index contributed by atoms with van der Waals surface area (Å²) in [5, 5.41) is 0. The third-order valence-electron chi connectivity index (χ3n) is 1.72. The minimum Gasteiger partial charge on any atom is -0.475 e. The van der Waals surface area contributed by atoms with E-state index in [9.17, 15) is 4.79 Å². The van der Waals surface area contributed by atoms with Gasteiger partial charge in [0.05, 0.1) is 5.92 Å². The zero-order valence-corrected chi connectivity index (χ0v) is 9.86. The highest BCUT2D eigenvalue weighted by Crippen LogP contribution is 2.08. The monoisotopic (exact) mass is 206 g/mol. The van der Waals surface area contributed by atoms with E-state index in [2.05, 4.69) is 0 Å². The Balaban J connectivity index is 3.83. The summed E-state index contributed by atoms with van der Waals surface area (Å²) < 4.78 is 14.8. The second-order valence-electron chi connectivity index (χ2n) is 2.89. The maximum Gasteiger partial charge on any atom is 0.550 e. The van der Waals surface area contributed by atoms with Crippen molar-refractivity contribution in [2.24, 2.45) is 5.92 Å². The van der Waals surface area contributed by atoms with Gasteiger partial charge in [-0.3, -0.25) is 4.79 Å². The van der Waals surface area contributed by atoms with E-state index in [0.29, 0.717) is 0 Å². The van der Waals surface area contributed by atoms with Crippen LogP contribution in [0, 0.1) is 5.92 Å². The van der Waals surface area contributed by atoms with Crippen molar-refractivity contribution >= 4 is 15.5 Å². The molecule has 0 N–H and O–H groups in total. The molecule has 0 saturated heterocycles. The van der Waals surface area contributed by atoms with Gasteiger partial charge in [-0.1, -0.05) is 20.3 Å². The van der Waals surface area contributed by atoms with E-state index < -0.39 is 9.53 Å². The molecule has 0 aliphatic rings. The van der Waals surface area contributed by atoms with Crippen LogP contribution in [0.4, 0.5) is 0 Å². The molecule has 0 aliphatic heterocycles. The van der Waals surface area contributed by atoms with Crippen molar-refractivity contribution in [3.63, 3.8) is 0 Å². The molecule has 1 unspecified atom stereocenters. The van der Waals surface area contributed by atoms with Gasteiger partial charge in [0.2, 0.25) is 0 Å². The third kappa shape index (κ3) is 5.02. The van der Waals surface area contributed by atoms with Gasteiger partial charge in [-0.15, -0.1) is 0 Å². The van der Waals surface area contributed by atoms with Gasteiger partial charge in [-0.25, -0.2) is 0 Å². The summed E-state index contributed by atoms with van der Waals surface area (Å²) in [6.07, 6.45) is 1.82. The van der Waals surface area contributed by atoms with Crippen LogP contribution in [0.3, 0.4) is 0 Å². The molecule has 0 aromatic rings. The van der Waals surface area contributed by atoms with Gasteiger partial charge in [-0.2, -0.15) is 0 Å². The molecular weight excluding hydrogens is 188 g/mol. The predicted molar refractivity (Wildman–Crippen MR) is 51.3 cm³/mol. The van der Waals surface area contributed by atoms with Crippen molar-refractivity contribution < 1.29 is 18.1 Å². The molecule has 1 atom stereocenters. The molecule has 0 spiro atoms. The first kappa shape index (κ1) is 12.6. The Morgan fingerprint density at radius 3 is 2.31 bits per heavy atom. The van der Waals surface area contributed by atoms with Crippen LogP contribution in [-0.2, 0) is 18.1 Å². The molecule has 0 aliphatic carbocycles. The molecular formula is C8H18O4Si. The first-order valence-electron chi connectivity index (χ1n) is 4.41. The van der Waals surface area contributed by atoms with Gasteiger partial charge in [0, 0.05) is 14.2 Å². The molecule has 0 fully saturated rings. The number of hydrogen-bond donors (Lipinski definition) is 0. The minimum absolute atomic E-state index is 0.0645. The lowest BCUT2D eigenvalue weighted by Crippen LogP contribution is -2.30. The van der Waals surface area contributed by atoms with Crippen LogP contribution in [0.1, 0.15) is 26.7 Å². The van der Waals surface area contributed by atoms with Crippen LogP contribution in [0.5, 0.6) is 0 Å². The summed E-state index contributed by atoms with van der Waals surface area (Å²) in [6, 6.07) is 0. The summed E-state index contributed by atoms with van der Waals surface area (Å²) in [6.45, 7) is 3.88. The largest absolute Gasteiger partial charge is 0.550 e. The fraction of sp³-hybridized carbons (Fsp3) is 0.875. The van der Waals surface area contributed by atoms with Gasteiger partial charge in [0.15, 0.2) is 0 Å². The van der Waals surface area contributed by atoms with E-state index in [1.807, 2.05) is 13.8 Å². The lowest BCUT2D eigenvalue weighted by atomic mass is 10.1. The molecule has 13 heavy (non-hydrogen) atoms. The standard InChI is InChI=1S/C8H18O4Si/c1-5-6-7(2)8(9)12-13(10-3)11-4/h7,13H,5-6H2,1-4H3. The fourth-order valence-electron chi connectivity index (χ4n) is 0.954. The van der Waals surface area contributed by atoms with E-state index in [4.69, 9.17) is 13.3 Å². The predicted octanol–water partition coefficient (Wildman–Crippen LogP) is 0.976. The molecule has 0 radical (unpaired) electrons. The van der Waals surface area contributed by atoms with Gasteiger partial charge < -0.3 is 13.3 Å². The number of carbonyl (C=O) groups excluding carboxylic acids is 1. The van der Waals surface area contributed by atoms with Crippen molar-refractivity contribution in [2.45, 2.75) is 26.7 Å². The molecule has 78 valence electrons. The van der Waals surface area contributed by atoms with Crippen LogP contribution < -0.4 is 0 Å². The average molecular weight is 206 g/mol. The topological polar surface area (TPSA) is 44.8 Å². The highest BCUT2D eigenvalue weighted by atomic mass is 28.3. The van der Waals surface area contributed by atoms with Gasteiger partial charge in [0.1, 0.15) is 0 Å². The highest BCUT2D eigenvalue weighted by Gasteiger charge is 2.21. The molecule has 0 heterocycles. The highest BCUT2D eigenvalue weighted by molar-refractivity contribution is 6.39. The number of rotatable bonds is 6. The average Bonchev–Trinajstić information content (AvgIpc) is 2.14. The molecule has 0 bridgehead atoms. The summed E-state index contributed by atoms with van der Waals surface area (Å²) in [5.74, 6) is -0.285. The number of carbonyl (C=O) groups is 1. The Hall–Kier alpha value is -0.393. The molecule has 0 aromatic carbocycles. The zero-order valence-electron chi connectivity index (χ0n) is 8.70. The van der Waals surface area contributed by atoms with Crippen molar-refractivity contribution in [2.75, 3.05) is 14.2 Å². The number of hydrogen-bond acceptors (Lipinski definition) is 4. The van der Waals surface area contributed by atoms with Gasteiger partial charge in [-0.05, 0) is 6.42 Å². The van der Waals surface area contributed by atoms with Gasteiger partial charge >= 0.3 is 9.53 Å². The van der Waals surface area contributed by atoms with Crippen LogP contribution in [-0.4, -0.2) is 29.7 Å². The molecule has 0 amide bonds. The summed E-state index contributed by atoms with van der Waals surface area (Å²) >= 11 is 0. The van der Waals surface area contributed by atoms with Crippen LogP contribution in [0.25, 0.3) is 0 Å². The van der Waals surface area contributed by atoms with Crippen molar-refractivity contribution in [3.05, 3.63) is 0 Å². The summed E-state index contributed by atoms with van der Waals surface area (Å²) in [7, 11) is 0.788. The molecule has 0 aromatic heterocycles. The Morgan fingerprint density at radius 1 is 1.38 bits per heavy atom. The lowest BCUT2D eigenvalue weighted by Gasteiger charge is -2.14. The maximum atomic E-state index is 11.3. The quantitative estimate of drug-likeness (QED) is 0.608. The third-order valence-corrected chi connectivity index (χ3v) is 2.92. The molecule has 4 nitrogen and oxygen atoms in total. The Labute approximate surface area is 81.1 Å². The summed E-state index contributed by atoms with van der Waals surface area (Å²) in [4.78, 5) is 11.3. The van der Waals surface area contributed by atoms with Gasteiger partial charge in [0.25, 0.3) is 5.97 Å². The van der Waals surface area contributed by atoms with E-state index >= 15 is 0 Å². The molecule has 5 heteroatoms. The first-order chi connectivity index (χ1) is 6.15. The molecule has 0 rings (SSSR count). The lowest BCUT2D eigenvalue weighted by molar-refractivity contribution is -0.141. The Bertz CT molecular complexity index is 147. The maximum absolute atomic E-state index is 11.3. The fourth-order valence-corrected chi connectivity index (χ4v) is 1.76. The van der Waals surface area contributed by atoms with Crippen molar-refractivity contribution in [1.82, 2.24) is 0 Å². The zero-order chi connectivity index (χ0) is 10.3. The first-order valence-corrected chi connectivity index (χ1v) is 5.83. The normalized spacial score (nSPS) is 13.0. The van der Waals surface area contributed by atoms with Crippen molar-refractivity contribution in [3.8, 4) is 0 Å². The van der Waals surface area contributed by atoms with E-state index in [0.717, 1.165) is 12.8 Å². The Kier molecular flexibility index (Phi) is 6.84. The SMILES string of the molecule is CCCC(C)C(=O)O[SiH](OC)OC. The second-order valence-corrected chi connectivity index (χ2v) is 4.64. The molecule has 0 saturated carbocycles. The second kappa shape index (κ2) is 7.05. The van der Waals surface area contributed by atoms with Crippen LogP contribution >= 0.6 is 0 Å². The van der Waals surface area contributed by atoms with Crippen LogP contribution in [0.15, 0.2) is 0 Å². The van der Waals surface area contributed by atoms with E-state index in [1.54, 1.807) is 0 Å². The minimum atomic E-state index is -2.18. The summed E-state index contributed by atoms with van der Waals surface area (Å²) in [5.41, 5.74) is 0. The van der Waals surface area contributed by atoms with E-state index in [-0.39, 0.29) is 11.9 Å². The Morgan fingerprint density at radius 2 is 1.92 bits per heavy atom. The smallest absolute Gasteiger partial charge is 0.475 e. The van der Waals surface area contributed by atoms with Crippen LogP contribution in [0.2, 0.25) is 0 Å². The van der Waals surface area contributed by atoms with E-state index in [1.165, 1.54) is 14.2 Å².